The number of piperidine rings is 1. The number of nitrogens with one attached hydrogen (secondary N) is 1. The molecule has 0 aliphatic carbocycles. The van der Waals surface area contributed by atoms with E-state index in [9.17, 15) is 0 Å². The Morgan fingerprint density at radius 3 is 2.71 bits per heavy atom. The van der Waals surface area contributed by atoms with Crippen LogP contribution in [0.25, 0.3) is 0 Å². The maximum Gasteiger partial charge on any atom is 0.0617 e. The smallest absolute Gasteiger partial charge is 0.0617 e. The Labute approximate surface area is 84.9 Å². The van der Waals surface area contributed by atoms with E-state index in [0.717, 1.165) is 12.6 Å². The highest BCUT2D eigenvalue weighted by molar-refractivity contribution is 5.15. The van der Waals surface area contributed by atoms with Gasteiger partial charge in [0, 0.05) is 19.1 Å². The van der Waals surface area contributed by atoms with E-state index in [1.54, 1.807) is 0 Å². The van der Waals surface area contributed by atoms with Crippen molar-refractivity contribution in [2.24, 2.45) is 0 Å². The van der Waals surface area contributed by atoms with Crippen LogP contribution in [0.4, 0.5) is 0 Å². The fourth-order valence-electron chi connectivity index (χ4n) is 2.46. The summed E-state index contributed by atoms with van der Waals surface area (Å²) < 4.78 is 0. The summed E-state index contributed by atoms with van der Waals surface area (Å²) in [7, 11) is 0. The number of fused-ring (bicyclic) bond motifs is 2. The minimum atomic E-state index is 0.661. The Balaban J connectivity index is 1.67. The summed E-state index contributed by atoms with van der Waals surface area (Å²) in [5.41, 5.74) is 1.43. The van der Waals surface area contributed by atoms with E-state index in [2.05, 4.69) is 40.5 Å². The van der Waals surface area contributed by atoms with Gasteiger partial charge in [0.15, 0.2) is 0 Å². The largest absolute Gasteiger partial charge is 0.299 e. The first kappa shape index (κ1) is 8.45. The fourth-order valence-corrected chi connectivity index (χ4v) is 2.46. The molecule has 2 bridgehead atoms. The summed E-state index contributed by atoms with van der Waals surface area (Å²) in [6.45, 7) is 2.36. The third-order valence-electron chi connectivity index (χ3n) is 3.37. The quantitative estimate of drug-likeness (QED) is 0.758. The predicted molar refractivity (Wildman–Crippen MR) is 56.8 cm³/mol. The highest BCUT2D eigenvalue weighted by Gasteiger charge is 2.37. The van der Waals surface area contributed by atoms with Gasteiger partial charge in [0.25, 0.3) is 0 Å². The first-order valence-electron chi connectivity index (χ1n) is 5.46. The van der Waals surface area contributed by atoms with Crippen molar-refractivity contribution >= 4 is 0 Å². The van der Waals surface area contributed by atoms with E-state index >= 15 is 0 Å². The van der Waals surface area contributed by atoms with E-state index in [0.29, 0.717) is 6.17 Å². The fraction of sp³-hybridized carbons (Fsp3) is 0.500. The van der Waals surface area contributed by atoms with Crippen molar-refractivity contribution in [1.82, 2.24) is 10.2 Å². The molecule has 2 unspecified atom stereocenters. The van der Waals surface area contributed by atoms with Gasteiger partial charge in [-0.15, -0.1) is 0 Å². The third kappa shape index (κ3) is 1.45. The van der Waals surface area contributed by atoms with Gasteiger partial charge in [-0.25, -0.2) is 0 Å². The summed E-state index contributed by atoms with van der Waals surface area (Å²) in [6.07, 6.45) is 3.34. The molecular weight excluding hydrogens is 172 g/mol. The number of rotatable bonds is 2. The average Bonchev–Trinajstić information content (AvgIpc) is 2.18. The Bertz CT molecular complexity index is 301. The first-order valence-corrected chi connectivity index (χ1v) is 5.46. The molecular formula is C12H16N2. The monoisotopic (exact) mass is 188 g/mol. The highest BCUT2D eigenvalue weighted by atomic mass is 15.3. The summed E-state index contributed by atoms with van der Waals surface area (Å²) in [6, 6.07) is 11.6. The molecule has 0 aromatic heterocycles. The summed E-state index contributed by atoms with van der Waals surface area (Å²) >= 11 is 0. The van der Waals surface area contributed by atoms with Gasteiger partial charge in [-0.1, -0.05) is 30.3 Å². The van der Waals surface area contributed by atoms with E-state index < -0.39 is 0 Å². The normalized spacial score (nSPS) is 31.1. The minimum Gasteiger partial charge on any atom is -0.299 e. The van der Waals surface area contributed by atoms with Crippen LogP contribution < -0.4 is 5.32 Å². The predicted octanol–water partition coefficient (Wildman–Crippen LogP) is 1.58. The number of hydrogen-bond donors (Lipinski definition) is 1. The van der Waals surface area contributed by atoms with E-state index in [1.807, 2.05) is 0 Å². The molecule has 1 N–H and O–H groups in total. The topological polar surface area (TPSA) is 15.3 Å². The van der Waals surface area contributed by atoms with Gasteiger partial charge >= 0.3 is 0 Å². The third-order valence-corrected chi connectivity index (χ3v) is 3.37. The van der Waals surface area contributed by atoms with Crippen molar-refractivity contribution in [1.29, 1.82) is 0 Å². The lowest BCUT2D eigenvalue weighted by atomic mass is 9.93. The zero-order valence-corrected chi connectivity index (χ0v) is 8.32. The molecule has 3 heterocycles. The molecule has 4 rings (SSSR count). The summed E-state index contributed by atoms with van der Waals surface area (Å²) in [5, 5.41) is 3.58. The lowest BCUT2D eigenvalue weighted by molar-refractivity contribution is 0.00836. The molecule has 2 heteroatoms. The Morgan fingerprint density at radius 1 is 1.29 bits per heavy atom. The molecule has 14 heavy (non-hydrogen) atoms. The van der Waals surface area contributed by atoms with Crippen molar-refractivity contribution in [3.63, 3.8) is 0 Å². The van der Waals surface area contributed by atoms with Crippen molar-refractivity contribution < 1.29 is 0 Å². The van der Waals surface area contributed by atoms with Gasteiger partial charge < -0.3 is 0 Å². The minimum absolute atomic E-state index is 0.661. The molecule has 74 valence electrons. The van der Waals surface area contributed by atoms with Crippen molar-refractivity contribution in [3.05, 3.63) is 35.9 Å². The van der Waals surface area contributed by atoms with Gasteiger partial charge in [-0.3, -0.25) is 10.2 Å². The SMILES string of the molecule is c1ccc(CN2CCC3CC2N3)cc1. The van der Waals surface area contributed by atoms with Crippen LogP contribution in [0.1, 0.15) is 18.4 Å². The molecule has 2 atom stereocenters. The Hall–Kier alpha value is -0.860. The molecule has 0 saturated carbocycles. The Morgan fingerprint density at radius 2 is 2.07 bits per heavy atom. The molecule has 3 aliphatic rings. The first-order chi connectivity index (χ1) is 6.92. The van der Waals surface area contributed by atoms with Crippen LogP contribution in [0.15, 0.2) is 30.3 Å². The molecule has 3 saturated heterocycles. The van der Waals surface area contributed by atoms with Crippen LogP contribution in [0.2, 0.25) is 0 Å². The number of benzene rings is 1. The van der Waals surface area contributed by atoms with Gasteiger partial charge in [0.1, 0.15) is 0 Å². The maximum absolute atomic E-state index is 3.58. The van der Waals surface area contributed by atoms with Gasteiger partial charge in [-0.05, 0) is 18.4 Å². The molecule has 1 aromatic rings. The second-order valence-corrected chi connectivity index (χ2v) is 4.36. The van der Waals surface area contributed by atoms with Crippen molar-refractivity contribution in [2.75, 3.05) is 6.54 Å². The second kappa shape index (κ2) is 3.37. The summed E-state index contributed by atoms with van der Waals surface area (Å²) in [5.74, 6) is 0. The summed E-state index contributed by atoms with van der Waals surface area (Å²) in [4.78, 5) is 2.55. The van der Waals surface area contributed by atoms with Gasteiger partial charge in [0.2, 0.25) is 0 Å². The lowest BCUT2D eigenvalue weighted by Gasteiger charge is -2.50. The molecule has 3 fully saturated rings. The van der Waals surface area contributed by atoms with Crippen molar-refractivity contribution in [2.45, 2.75) is 31.6 Å². The lowest BCUT2D eigenvalue weighted by Crippen LogP contribution is -2.65. The molecule has 1 aromatic carbocycles. The van der Waals surface area contributed by atoms with Crippen LogP contribution in [0, 0.1) is 0 Å². The number of nitrogens with zero attached hydrogens (tertiary/aromatic N) is 1. The highest BCUT2D eigenvalue weighted by Crippen LogP contribution is 2.26. The van der Waals surface area contributed by atoms with Crippen LogP contribution in [0.5, 0.6) is 0 Å². The van der Waals surface area contributed by atoms with Crippen LogP contribution in [-0.4, -0.2) is 23.7 Å². The van der Waals surface area contributed by atoms with Crippen molar-refractivity contribution in [3.8, 4) is 0 Å². The second-order valence-electron chi connectivity index (χ2n) is 4.36. The Kier molecular flexibility index (Phi) is 2.03. The van der Waals surface area contributed by atoms with Gasteiger partial charge in [-0.2, -0.15) is 0 Å². The van der Waals surface area contributed by atoms with E-state index in [1.165, 1.54) is 24.9 Å². The zero-order valence-electron chi connectivity index (χ0n) is 8.32. The maximum atomic E-state index is 3.58. The van der Waals surface area contributed by atoms with Crippen LogP contribution >= 0.6 is 0 Å². The number of hydrogen-bond acceptors (Lipinski definition) is 2. The van der Waals surface area contributed by atoms with Gasteiger partial charge in [0.05, 0.1) is 6.17 Å². The average molecular weight is 188 g/mol. The molecule has 0 spiro atoms. The van der Waals surface area contributed by atoms with E-state index in [4.69, 9.17) is 0 Å². The van der Waals surface area contributed by atoms with Crippen LogP contribution in [-0.2, 0) is 6.54 Å². The zero-order chi connectivity index (χ0) is 9.38. The molecule has 0 amide bonds. The molecule has 2 nitrogen and oxygen atoms in total. The van der Waals surface area contributed by atoms with Crippen LogP contribution in [0.3, 0.4) is 0 Å². The van der Waals surface area contributed by atoms with E-state index in [-0.39, 0.29) is 0 Å². The molecule has 3 aliphatic heterocycles. The molecule has 0 radical (unpaired) electrons. The standard InChI is InChI=1S/C12H16N2/c1-2-4-10(5-3-1)9-14-7-6-11-8-12(14)13-11/h1-5,11-13H,6-9H2.